The second-order valence-electron chi connectivity index (χ2n) is 7.40. The van der Waals surface area contributed by atoms with Crippen LogP contribution in [0.25, 0.3) is 22.0 Å². The molecule has 3 heterocycles. The predicted molar refractivity (Wildman–Crippen MR) is 106 cm³/mol. The van der Waals surface area contributed by atoms with Crippen LogP contribution in [0.4, 0.5) is 13.2 Å². The number of aromatic nitrogens is 2. The predicted octanol–water partition coefficient (Wildman–Crippen LogP) is 4.56. The standard InChI is InChI=1S/C20H19ClF3N3O3/c1-3-27-17-16(25-19(27)20(22,23)24)13(21)8-12-14(29)9-15(30-18(12)17)11-4-6-26(7-5-11)10(2)28/h8-9,11H,3-7H2,1-2H3. The highest BCUT2D eigenvalue weighted by Crippen LogP contribution is 2.38. The van der Waals surface area contributed by atoms with E-state index >= 15 is 0 Å². The van der Waals surface area contributed by atoms with Crippen LogP contribution in [0.3, 0.4) is 0 Å². The maximum absolute atomic E-state index is 13.5. The maximum atomic E-state index is 13.5. The van der Waals surface area contributed by atoms with Gasteiger partial charge in [0.25, 0.3) is 0 Å². The van der Waals surface area contributed by atoms with Gasteiger partial charge in [0.05, 0.1) is 10.4 Å². The molecule has 1 aliphatic heterocycles. The molecule has 1 aromatic carbocycles. The van der Waals surface area contributed by atoms with Crippen LogP contribution in [0.2, 0.25) is 5.02 Å². The third kappa shape index (κ3) is 3.34. The minimum atomic E-state index is -4.68. The molecule has 0 atom stereocenters. The Morgan fingerprint density at radius 1 is 1.30 bits per heavy atom. The van der Waals surface area contributed by atoms with Crippen molar-refractivity contribution in [2.75, 3.05) is 13.1 Å². The number of hydrogen-bond donors (Lipinski definition) is 0. The SMILES string of the molecule is CCn1c(C(F)(F)F)nc2c(Cl)cc3c(=O)cc(C4CCN(C(C)=O)CC4)oc3c21. The molecule has 0 saturated carbocycles. The van der Waals surface area contributed by atoms with E-state index < -0.39 is 12.0 Å². The molecule has 0 radical (unpaired) electrons. The molecule has 160 valence electrons. The topological polar surface area (TPSA) is 68.3 Å². The molecule has 30 heavy (non-hydrogen) atoms. The summed E-state index contributed by atoms with van der Waals surface area (Å²) in [4.78, 5) is 29.7. The van der Waals surface area contributed by atoms with Gasteiger partial charge in [-0.05, 0) is 25.8 Å². The largest absolute Gasteiger partial charge is 0.458 e. The van der Waals surface area contributed by atoms with Gasteiger partial charge >= 0.3 is 6.18 Å². The summed E-state index contributed by atoms with van der Waals surface area (Å²) in [6, 6.07) is 2.68. The second-order valence-corrected chi connectivity index (χ2v) is 7.81. The van der Waals surface area contributed by atoms with Gasteiger partial charge in [-0.1, -0.05) is 11.6 Å². The minimum Gasteiger partial charge on any atom is -0.458 e. The highest BCUT2D eigenvalue weighted by atomic mass is 35.5. The molecule has 0 bridgehead atoms. The van der Waals surface area contributed by atoms with Crippen molar-refractivity contribution < 1.29 is 22.4 Å². The van der Waals surface area contributed by atoms with E-state index in [9.17, 15) is 22.8 Å². The van der Waals surface area contributed by atoms with Crippen LogP contribution in [0.1, 0.15) is 44.2 Å². The fraction of sp³-hybridized carbons (Fsp3) is 0.450. The number of fused-ring (bicyclic) bond motifs is 3. The monoisotopic (exact) mass is 441 g/mol. The number of amides is 1. The van der Waals surface area contributed by atoms with E-state index in [1.54, 1.807) is 11.8 Å². The smallest absolute Gasteiger partial charge is 0.449 e. The molecule has 1 aliphatic rings. The van der Waals surface area contributed by atoms with Crippen molar-refractivity contribution in [1.82, 2.24) is 14.5 Å². The van der Waals surface area contributed by atoms with E-state index in [0.29, 0.717) is 31.7 Å². The lowest BCUT2D eigenvalue weighted by atomic mass is 9.93. The van der Waals surface area contributed by atoms with Gasteiger partial charge in [0.2, 0.25) is 11.7 Å². The average Bonchev–Trinajstić information content (AvgIpc) is 3.10. The van der Waals surface area contributed by atoms with Crippen molar-refractivity contribution in [2.45, 2.75) is 45.3 Å². The molecule has 2 aromatic heterocycles. The molecule has 1 amide bonds. The first-order valence-corrected chi connectivity index (χ1v) is 9.98. The first-order valence-electron chi connectivity index (χ1n) is 9.61. The van der Waals surface area contributed by atoms with Crippen LogP contribution in [0.15, 0.2) is 21.3 Å². The second kappa shape index (κ2) is 7.30. The van der Waals surface area contributed by atoms with Gasteiger partial charge in [-0.25, -0.2) is 4.98 Å². The molecular weight excluding hydrogens is 423 g/mol. The highest BCUT2D eigenvalue weighted by Gasteiger charge is 2.38. The molecule has 0 unspecified atom stereocenters. The molecule has 4 rings (SSSR count). The average molecular weight is 442 g/mol. The number of benzene rings is 1. The lowest BCUT2D eigenvalue weighted by molar-refractivity contribution is -0.146. The van der Waals surface area contributed by atoms with Crippen LogP contribution in [0, 0.1) is 0 Å². The molecule has 1 fully saturated rings. The summed E-state index contributed by atoms with van der Waals surface area (Å²) in [6.45, 7) is 4.10. The lowest BCUT2D eigenvalue weighted by Crippen LogP contribution is -2.36. The van der Waals surface area contributed by atoms with E-state index in [1.807, 2.05) is 0 Å². The number of carbonyl (C=O) groups excluding carboxylic acids is 1. The molecule has 3 aromatic rings. The summed E-state index contributed by atoms with van der Waals surface area (Å²) >= 11 is 6.17. The number of rotatable bonds is 2. The zero-order valence-electron chi connectivity index (χ0n) is 16.3. The van der Waals surface area contributed by atoms with Crippen molar-refractivity contribution in [3.63, 3.8) is 0 Å². The Kier molecular flexibility index (Phi) is 5.04. The fourth-order valence-corrected chi connectivity index (χ4v) is 4.32. The van der Waals surface area contributed by atoms with Crippen LogP contribution < -0.4 is 5.43 Å². The third-order valence-electron chi connectivity index (χ3n) is 5.60. The number of halogens is 4. The molecule has 1 saturated heterocycles. The van der Waals surface area contributed by atoms with Crippen LogP contribution in [-0.2, 0) is 17.5 Å². The number of alkyl halides is 3. The van der Waals surface area contributed by atoms with Gasteiger partial charge in [0, 0.05) is 38.5 Å². The number of piperidine rings is 1. The maximum Gasteiger partial charge on any atom is 0.449 e. The Balaban J connectivity index is 1.92. The van der Waals surface area contributed by atoms with Crippen molar-refractivity contribution in [3.8, 4) is 0 Å². The Morgan fingerprint density at radius 2 is 1.97 bits per heavy atom. The van der Waals surface area contributed by atoms with Gasteiger partial charge < -0.3 is 13.9 Å². The fourth-order valence-electron chi connectivity index (χ4n) is 4.08. The van der Waals surface area contributed by atoms with Crippen molar-refractivity contribution in [2.24, 2.45) is 0 Å². The van der Waals surface area contributed by atoms with E-state index in [4.69, 9.17) is 16.0 Å². The van der Waals surface area contributed by atoms with E-state index in [0.717, 1.165) is 4.57 Å². The van der Waals surface area contributed by atoms with Crippen LogP contribution in [0.5, 0.6) is 0 Å². The number of nitrogens with zero attached hydrogens (tertiary/aromatic N) is 3. The zero-order chi connectivity index (χ0) is 21.8. The number of imidazole rings is 1. The van der Waals surface area contributed by atoms with Crippen molar-refractivity contribution in [1.29, 1.82) is 0 Å². The van der Waals surface area contributed by atoms with Crippen molar-refractivity contribution in [3.05, 3.63) is 39.0 Å². The lowest BCUT2D eigenvalue weighted by Gasteiger charge is -2.30. The summed E-state index contributed by atoms with van der Waals surface area (Å²) in [5.74, 6) is -0.811. The Hall–Kier alpha value is -2.55. The summed E-state index contributed by atoms with van der Waals surface area (Å²) in [5, 5.41) is 0.0748. The van der Waals surface area contributed by atoms with Gasteiger partial charge in [-0.15, -0.1) is 0 Å². The normalized spacial score (nSPS) is 16.0. The van der Waals surface area contributed by atoms with E-state index in [2.05, 4.69) is 4.98 Å². The van der Waals surface area contributed by atoms with E-state index in [1.165, 1.54) is 19.1 Å². The molecule has 6 nitrogen and oxygen atoms in total. The van der Waals surface area contributed by atoms with Gasteiger partial charge in [-0.3, -0.25) is 9.59 Å². The number of hydrogen-bond acceptors (Lipinski definition) is 4. The molecule has 0 spiro atoms. The van der Waals surface area contributed by atoms with Gasteiger partial charge in [-0.2, -0.15) is 13.2 Å². The Bertz CT molecular complexity index is 1210. The number of likely N-dealkylation sites (tertiary alicyclic amines) is 1. The Morgan fingerprint density at radius 3 is 2.53 bits per heavy atom. The minimum absolute atomic E-state index is 0.0173. The van der Waals surface area contributed by atoms with Crippen molar-refractivity contribution >= 4 is 39.5 Å². The molecular formula is C20H19ClF3N3O3. The van der Waals surface area contributed by atoms with Crippen LogP contribution in [-0.4, -0.2) is 33.4 Å². The quantitative estimate of drug-likeness (QED) is 0.584. The third-order valence-corrected chi connectivity index (χ3v) is 5.88. The first kappa shape index (κ1) is 20.7. The molecule has 0 N–H and O–H groups in total. The summed E-state index contributed by atoms with van der Waals surface area (Å²) < 4.78 is 47.5. The summed E-state index contributed by atoms with van der Waals surface area (Å²) in [7, 11) is 0. The van der Waals surface area contributed by atoms with E-state index in [-0.39, 0.29) is 50.8 Å². The number of carbonyl (C=O) groups is 1. The first-order chi connectivity index (χ1) is 14.1. The molecule has 10 heteroatoms. The highest BCUT2D eigenvalue weighted by molar-refractivity contribution is 6.36. The Labute approximate surface area is 174 Å². The zero-order valence-corrected chi connectivity index (χ0v) is 17.1. The molecule has 0 aliphatic carbocycles. The summed E-state index contributed by atoms with van der Waals surface area (Å²) in [5.41, 5.74) is -0.310. The summed E-state index contributed by atoms with van der Waals surface area (Å²) in [6.07, 6.45) is -3.47. The van der Waals surface area contributed by atoms with Gasteiger partial charge in [0.1, 0.15) is 16.8 Å². The van der Waals surface area contributed by atoms with Gasteiger partial charge in [0.15, 0.2) is 11.0 Å². The van der Waals surface area contributed by atoms with Crippen LogP contribution >= 0.6 is 11.6 Å². The number of aryl methyl sites for hydroxylation is 1.